The van der Waals surface area contributed by atoms with E-state index < -0.39 is 0 Å². The molecule has 2 aromatic carbocycles. The van der Waals surface area contributed by atoms with Crippen LogP contribution in [0.3, 0.4) is 0 Å². The number of nitrogens with zero attached hydrogens (tertiary/aromatic N) is 3. The summed E-state index contributed by atoms with van der Waals surface area (Å²) in [5.74, 6) is 2.07. The number of methoxy groups -OCH3 is 1. The fourth-order valence-corrected chi connectivity index (χ4v) is 4.69. The number of benzene rings is 2. The Morgan fingerprint density at radius 1 is 1.09 bits per heavy atom. The van der Waals surface area contributed by atoms with Crippen molar-refractivity contribution in [2.45, 2.75) is 38.8 Å². The summed E-state index contributed by atoms with van der Waals surface area (Å²) in [5.41, 5.74) is 2.77. The Balaban J connectivity index is 1.58. The first-order chi connectivity index (χ1) is 16.7. The summed E-state index contributed by atoms with van der Waals surface area (Å²) >= 11 is 1.48. The summed E-state index contributed by atoms with van der Waals surface area (Å²) in [4.78, 5) is 16.1. The molecule has 0 radical (unpaired) electrons. The Morgan fingerprint density at radius 3 is 2.56 bits per heavy atom. The lowest BCUT2D eigenvalue weighted by Crippen LogP contribution is -2.32. The van der Waals surface area contributed by atoms with Gasteiger partial charge in [-0.2, -0.15) is 5.10 Å². The molecule has 2 heterocycles. The van der Waals surface area contributed by atoms with Crippen molar-refractivity contribution < 1.29 is 14.3 Å². The van der Waals surface area contributed by atoms with E-state index in [1.807, 2.05) is 81.7 Å². The molecule has 34 heavy (non-hydrogen) atoms. The minimum Gasteiger partial charge on any atom is -0.497 e. The minimum atomic E-state index is 0.0688. The topological polar surface area (TPSA) is 56.6 Å². The van der Waals surface area contributed by atoms with E-state index in [4.69, 9.17) is 14.6 Å². The van der Waals surface area contributed by atoms with E-state index in [1.54, 1.807) is 7.11 Å². The smallest absolute Gasteiger partial charge is 0.264 e. The highest BCUT2D eigenvalue weighted by Crippen LogP contribution is 2.37. The summed E-state index contributed by atoms with van der Waals surface area (Å²) in [7, 11) is 1.64. The number of aryl methyl sites for hydroxylation is 1. The number of aromatic nitrogens is 2. The molecule has 6 nitrogen and oxygen atoms in total. The maximum atomic E-state index is 13.4. The highest BCUT2D eigenvalue weighted by atomic mass is 32.1. The minimum absolute atomic E-state index is 0.0688. The van der Waals surface area contributed by atoms with Gasteiger partial charge in [0, 0.05) is 12.1 Å². The predicted molar refractivity (Wildman–Crippen MR) is 133 cm³/mol. The van der Waals surface area contributed by atoms with Crippen molar-refractivity contribution in [2.75, 3.05) is 7.11 Å². The number of hydrogen-bond acceptors (Lipinski definition) is 5. The summed E-state index contributed by atoms with van der Waals surface area (Å²) < 4.78 is 13.7. The second-order valence-electron chi connectivity index (χ2n) is 8.25. The van der Waals surface area contributed by atoms with Gasteiger partial charge in [-0.25, -0.2) is 4.68 Å². The maximum Gasteiger partial charge on any atom is 0.264 e. The summed E-state index contributed by atoms with van der Waals surface area (Å²) in [6.07, 6.45) is 2.78. The number of ether oxygens (including phenoxy) is 2. The lowest BCUT2D eigenvalue weighted by atomic mass is 10.1. The summed E-state index contributed by atoms with van der Waals surface area (Å²) in [6.45, 7) is 2.54. The zero-order valence-electron chi connectivity index (χ0n) is 19.3. The Labute approximate surface area is 203 Å². The lowest BCUT2D eigenvalue weighted by Gasteiger charge is -2.22. The zero-order chi connectivity index (χ0) is 23.5. The third-order valence-electron chi connectivity index (χ3n) is 5.92. The first-order valence-electron chi connectivity index (χ1n) is 11.5. The standard InChI is InChI=1S/C27H27N3O3S/c1-3-24-23(18-29(19-14-15-19)26(31)25-13-8-16-34-25)27(30(28-24)20-9-5-4-6-10-20)33-22-12-7-11-21(17-22)32-2/h4-13,16-17,19H,3,14-15,18H2,1-2H3. The quantitative estimate of drug-likeness (QED) is 0.295. The van der Waals surface area contributed by atoms with Crippen LogP contribution < -0.4 is 9.47 Å². The molecule has 1 fully saturated rings. The Hall–Kier alpha value is -3.58. The largest absolute Gasteiger partial charge is 0.497 e. The second-order valence-corrected chi connectivity index (χ2v) is 9.20. The molecule has 5 rings (SSSR count). The SMILES string of the molecule is CCc1nn(-c2ccccc2)c(Oc2cccc(OC)c2)c1CN(C(=O)c1cccs1)C1CC1. The van der Waals surface area contributed by atoms with Crippen molar-refractivity contribution in [1.29, 1.82) is 0 Å². The molecule has 1 aliphatic carbocycles. The molecule has 0 atom stereocenters. The fourth-order valence-electron chi connectivity index (χ4n) is 4.01. The molecule has 0 saturated heterocycles. The van der Waals surface area contributed by atoms with Gasteiger partial charge in [-0.1, -0.05) is 37.3 Å². The van der Waals surface area contributed by atoms with E-state index in [9.17, 15) is 4.79 Å². The number of para-hydroxylation sites is 1. The number of amides is 1. The van der Waals surface area contributed by atoms with Crippen LogP contribution in [0.25, 0.3) is 5.69 Å². The molecular formula is C27H27N3O3S. The van der Waals surface area contributed by atoms with E-state index in [2.05, 4.69) is 6.92 Å². The van der Waals surface area contributed by atoms with Gasteiger partial charge in [0.1, 0.15) is 11.5 Å². The van der Waals surface area contributed by atoms with E-state index in [-0.39, 0.29) is 11.9 Å². The fraction of sp³-hybridized carbons (Fsp3) is 0.259. The van der Waals surface area contributed by atoms with E-state index in [0.717, 1.165) is 41.1 Å². The maximum absolute atomic E-state index is 13.4. The van der Waals surface area contributed by atoms with Crippen LogP contribution in [-0.4, -0.2) is 33.7 Å². The zero-order valence-corrected chi connectivity index (χ0v) is 20.1. The van der Waals surface area contributed by atoms with Crippen LogP contribution in [0.5, 0.6) is 17.4 Å². The Bertz CT molecular complexity index is 1260. The number of carbonyl (C=O) groups excluding carboxylic acids is 1. The number of hydrogen-bond donors (Lipinski definition) is 0. The van der Waals surface area contributed by atoms with Crippen molar-refractivity contribution in [2.24, 2.45) is 0 Å². The molecule has 1 amide bonds. The molecule has 0 N–H and O–H groups in total. The molecule has 0 spiro atoms. The molecule has 7 heteroatoms. The molecule has 174 valence electrons. The van der Waals surface area contributed by atoms with Crippen LogP contribution in [0.2, 0.25) is 0 Å². The van der Waals surface area contributed by atoms with Crippen LogP contribution in [0, 0.1) is 0 Å². The summed E-state index contributed by atoms with van der Waals surface area (Å²) in [6, 6.07) is 21.5. The average Bonchev–Trinajstić information content (AvgIpc) is 3.45. The normalized spacial score (nSPS) is 13.0. The van der Waals surface area contributed by atoms with Gasteiger partial charge in [0.25, 0.3) is 5.91 Å². The van der Waals surface area contributed by atoms with Gasteiger partial charge >= 0.3 is 0 Å². The monoisotopic (exact) mass is 473 g/mol. The highest BCUT2D eigenvalue weighted by molar-refractivity contribution is 7.12. The van der Waals surface area contributed by atoms with Gasteiger partial charge in [0.2, 0.25) is 5.88 Å². The Kier molecular flexibility index (Phi) is 6.36. The van der Waals surface area contributed by atoms with Gasteiger partial charge in [0.05, 0.1) is 35.5 Å². The highest BCUT2D eigenvalue weighted by Gasteiger charge is 2.35. The van der Waals surface area contributed by atoms with Gasteiger partial charge in [0.15, 0.2) is 0 Å². The van der Waals surface area contributed by atoms with Crippen molar-refractivity contribution in [3.63, 3.8) is 0 Å². The first-order valence-corrected chi connectivity index (χ1v) is 12.4. The van der Waals surface area contributed by atoms with Crippen molar-refractivity contribution in [3.8, 4) is 23.1 Å². The van der Waals surface area contributed by atoms with Crippen LogP contribution in [0.15, 0.2) is 72.1 Å². The number of thiophene rings is 1. The first kappa shape index (κ1) is 22.2. The third kappa shape index (κ3) is 4.56. The molecule has 0 aliphatic heterocycles. The molecule has 1 saturated carbocycles. The van der Waals surface area contributed by atoms with E-state index in [1.165, 1.54) is 11.3 Å². The second kappa shape index (κ2) is 9.73. The van der Waals surface area contributed by atoms with Crippen molar-refractivity contribution in [1.82, 2.24) is 14.7 Å². The number of rotatable bonds is 9. The van der Waals surface area contributed by atoms with E-state index >= 15 is 0 Å². The van der Waals surface area contributed by atoms with Gasteiger partial charge in [-0.15, -0.1) is 11.3 Å². The van der Waals surface area contributed by atoms with Crippen LogP contribution in [0.1, 0.15) is 40.7 Å². The van der Waals surface area contributed by atoms with Gasteiger partial charge in [-0.3, -0.25) is 4.79 Å². The van der Waals surface area contributed by atoms with Crippen molar-refractivity contribution in [3.05, 3.63) is 88.2 Å². The molecule has 2 aromatic heterocycles. The van der Waals surface area contributed by atoms with Gasteiger partial charge < -0.3 is 14.4 Å². The molecule has 4 aromatic rings. The van der Waals surface area contributed by atoms with E-state index in [0.29, 0.717) is 23.9 Å². The van der Waals surface area contributed by atoms with Crippen molar-refractivity contribution >= 4 is 17.2 Å². The van der Waals surface area contributed by atoms with Crippen LogP contribution >= 0.6 is 11.3 Å². The lowest BCUT2D eigenvalue weighted by molar-refractivity contribution is 0.0733. The predicted octanol–water partition coefficient (Wildman–Crippen LogP) is 6.10. The number of carbonyl (C=O) groups is 1. The van der Waals surface area contributed by atoms with Crippen LogP contribution in [-0.2, 0) is 13.0 Å². The molecule has 1 aliphatic rings. The molecule has 0 bridgehead atoms. The van der Waals surface area contributed by atoms with Crippen LogP contribution in [0.4, 0.5) is 0 Å². The Morgan fingerprint density at radius 2 is 1.88 bits per heavy atom. The molecular weight excluding hydrogens is 446 g/mol. The molecule has 0 unspecified atom stereocenters. The summed E-state index contributed by atoms with van der Waals surface area (Å²) in [5, 5.41) is 6.86. The third-order valence-corrected chi connectivity index (χ3v) is 6.78. The average molecular weight is 474 g/mol. The van der Waals surface area contributed by atoms with Gasteiger partial charge in [-0.05, 0) is 55.0 Å².